The third kappa shape index (κ3) is 1.29. The Labute approximate surface area is 52.1 Å². The van der Waals surface area contributed by atoms with Crippen molar-refractivity contribution in [2.24, 2.45) is 5.92 Å². The van der Waals surface area contributed by atoms with Crippen LogP contribution in [0.15, 0.2) is 0 Å². The zero-order chi connectivity index (χ0) is 5.98. The van der Waals surface area contributed by atoms with E-state index in [-0.39, 0.29) is 0 Å². The Morgan fingerprint density at radius 3 is 2.75 bits per heavy atom. The van der Waals surface area contributed by atoms with E-state index in [0.29, 0.717) is 5.92 Å². The van der Waals surface area contributed by atoms with Gasteiger partial charge in [-0.25, -0.2) is 0 Å². The summed E-state index contributed by atoms with van der Waals surface area (Å²) in [5.41, 5.74) is 0. The Morgan fingerprint density at radius 2 is 2.38 bits per heavy atom. The van der Waals surface area contributed by atoms with Crippen LogP contribution in [0.3, 0.4) is 0 Å². The van der Waals surface area contributed by atoms with Crippen LogP contribution in [0.25, 0.3) is 0 Å². The molecule has 0 radical (unpaired) electrons. The van der Waals surface area contributed by atoms with Gasteiger partial charge in [0.25, 0.3) is 0 Å². The molecule has 8 heavy (non-hydrogen) atoms. The Kier molecular flexibility index (Phi) is 2.02. The minimum atomic E-state index is -0.471. The van der Waals surface area contributed by atoms with Crippen LogP contribution in [0.2, 0.25) is 0 Å². The first kappa shape index (κ1) is 6.23. The Balaban J connectivity index is 2.06. The molecule has 48 valence electrons. The quantitative estimate of drug-likeness (QED) is 0.468. The normalized spacial score (nSPS) is 36.6. The lowest BCUT2D eigenvalue weighted by Crippen LogP contribution is -2.80. The van der Waals surface area contributed by atoms with Crippen LogP contribution in [0.5, 0.6) is 0 Å². The Morgan fingerprint density at radius 1 is 1.75 bits per heavy atom. The average molecular weight is 133 g/mol. The summed E-state index contributed by atoms with van der Waals surface area (Å²) in [6, 6.07) is 0. The van der Waals surface area contributed by atoms with Gasteiger partial charge in [0.2, 0.25) is 0 Å². The number of hydrogen-bond acceptors (Lipinski definition) is 1. The van der Waals surface area contributed by atoms with Crippen LogP contribution >= 0.6 is 0 Å². The summed E-state index contributed by atoms with van der Waals surface area (Å²) in [6.45, 7) is 1.05. The molecule has 2 nitrogen and oxygen atoms in total. The van der Waals surface area contributed by atoms with E-state index in [0.717, 1.165) is 18.1 Å². The highest BCUT2D eigenvalue weighted by Gasteiger charge is 2.24. The molecule has 0 aliphatic carbocycles. The third-order valence-electron chi connectivity index (χ3n) is 1.34. The van der Waals surface area contributed by atoms with Gasteiger partial charge in [-0.15, -0.1) is 0 Å². The minimum absolute atomic E-state index is 0.471. The van der Waals surface area contributed by atoms with E-state index in [1.807, 2.05) is 5.32 Å². The Hall–Kier alpha value is 0.110. The number of quaternary nitrogens is 1. The van der Waals surface area contributed by atoms with E-state index in [1.165, 1.54) is 0 Å². The highest BCUT2D eigenvalue weighted by Crippen LogP contribution is 2.10. The molecule has 0 aromatic carbocycles. The van der Waals surface area contributed by atoms with E-state index in [2.05, 4.69) is 7.05 Å². The van der Waals surface area contributed by atoms with Crippen LogP contribution in [-0.4, -0.2) is 22.3 Å². The molecule has 0 aromatic heterocycles. The van der Waals surface area contributed by atoms with Crippen molar-refractivity contribution in [1.29, 1.82) is 0 Å². The number of hydrogen-bond donors (Lipinski definition) is 1. The molecule has 0 bridgehead atoms. The molecular weight excluding hydrogens is 122 g/mol. The molecule has 1 heterocycles. The minimum Gasteiger partial charge on any atom is -0.479 e. The molecule has 0 saturated carbocycles. The lowest BCUT2D eigenvalue weighted by atomic mass is 10.2. The van der Waals surface area contributed by atoms with Gasteiger partial charge in [-0.1, -0.05) is 0 Å². The van der Waals surface area contributed by atoms with Crippen molar-refractivity contribution < 1.29 is 9.53 Å². The van der Waals surface area contributed by atoms with E-state index < -0.39 is 10.8 Å². The molecule has 0 spiro atoms. The van der Waals surface area contributed by atoms with Crippen molar-refractivity contribution >= 4 is 10.8 Å². The SMILES string of the molecule is [CH2-][NH2+]CC1CS(=O)C1. The van der Waals surface area contributed by atoms with Crippen LogP contribution in [0, 0.1) is 13.0 Å². The Bertz CT molecular complexity index is 96.6. The van der Waals surface area contributed by atoms with Gasteiger partial charge in [0.05, 0.1) is 6.54 Å². The van der Waals surface area contributed by atoms with Crippen LogP contribution in [0.1, 0.15) is 0 Å². The number of nitrogens with two attached hydrogens (primary N) is 1. The second kappa shape index (κ2) is 2.60. The molecule has 1 saturated heterocycles. The van der Waals surface area contributed by atoms with E-state index >= 15 is 0 Å². The molecule has 1 aliphatic rings. The number of rotatable bonds is 2. The fourth-order valence-electron chi connectivity index (χ4n) is 0.849. The smallest absolute Gasteiger partial charge is 0.0562 e. The second-order valence-electron chi connectivity index (χ2n) is 2.16. The molecule has 0 aromatic rings. The van der Waals surface area contributed by atoms with Gasteiger partial charge in [0.15, 0.2) is 0 Å². The van der Waals surface area contributed by atoms with E-state index in [9.17, 15) is 4.21 Å². The summed E-state index contributed by atoms with van der Waals surface area (Å²) in [5, 5.41) is 1.90. The fraction of sp³-hybridized carbons (Fsp3) is 0.800. The van der Waals surface area contributed by atoms with Gasteiger partial charge < -0.3 is 5.32 Å². The second-order valence-corrected chi connectivity index (χ2v) is 3.71. The monoisotopic (exact) mass is 133 g/mol. The average Bonchev–Trinajstić information content (AvgIpc) is 1.64. The highest BCUT2D eigenvalue weighted by atomic mass is 32.2. The zero-order valence-corrected chi connectivity index (χ0v) is 5.62. The first-order valence-electron chi connectivity index (χ1n) is 2.79. The van der Waals surface area contributed by atoms with Crippen LogP contribution in [0.4, 0.5) is 0 Å². The van der Waals surface area contributed by atoms with Gasteiger partial charge >= 0.3 is 0 Å². The van der Waals surface area contributed by atoms with E-state index in [1.54, 1.807) is 0 Å². The molecule has 2 N–H and O–H groups in total. The maximum atomic E-state index is 10.5. The van der Waals surface area contributed by atoms with Crippen molar-refractivity contribution in [1.82, 2.24) is 0 Å². The molecule has 0 atom stereocenters. The van der Waals surface area contributed by atoms with Gasteiger partial charge in [0, 0.05) is 28.2 Å². The summed E-state index contributed by atoms with van der Waals surface area (Å²) in [6.07, 6.45) is 0. The molecule has 3 heteroatoms. The standard InChI is InChI=1S/C5H11NOS/c1-6-2-5-3-8(7)4-5/h5H,1-4,6H2. The van der Waals surface area contributed by atoms with Gasteiger partial charge in [0.1, 0.15) is 0 Å². The summed E-state index contributed by atoms with van der Waals surface area (Å²) >= 11 is 0. The van der Waals surface area contributed by atoms with Crippen molar-refractivity contribution in [3.8, 4) is 0 Å². The van der Waals surface area contributed by atoms with Gasteiger partial charge in [-0.3, -0.25) is 4.21 Å². The molecule has 1 rings (SSSR count). The van der Waals surface area contributed by atoms with Crippen molar-refractivity contribution in [2.75, 3.05) is 18.1 Å². The maximum absolute atomic E-state index is 10.5. The van der Waals surface area contributed by atoms with Crippen LogP contribution < -0.4 is 5.32 Å². The van der Waals surface area contributed by atoms with Gasteiger partial charge in [-0.2, -0.15) is 7.05 Å². The first-order chi connectivity index (χ1) is 3.83. The lowest BCUT2D eigenvalue weighted by molar-refractivity contribution is -0.601. The van der Waals surface area contributed by atoms with E-state index in [4.69, 9.17) is 0 Å². The summed E-state index contributed by atoms with van der Waals surface area (Å²) in [7, 11) is 3.14. The summed E-state index contributed by atoms with van der Waals surface area (Å²) < 4.78 is 10.5. The molecule has 0 unspecified atom stereocenters. The van der Waals surface area contributed by atoms with Crippen molar-refractivity contribution in [3.63, 3.8) is 0 Å². The van der Waals surface area contributed by atoms with Crippen LogP contribution in [-0.2, 0) is 10.8 Å². The summed E-state index contributed by atoms with van der Waals surface area (Å²) in [4.78, 5) is 0. The van der Waals surface area contributed by atoms with Crippen molar-refractivity contribution in [2.45, 2.75) is 0 Å². The third-order valence-corrected chi connectivity index (χ3v) is 3.03. The molecule has 0 amide bonds. The predicted octanol–water partition coefficient (Wildman–Crippen LogP) is -1.28. The summed E-state index contributed by atoms with van der Waals surface area (Å²) in [5.74, 6) is 2.51. The van der Waals surface area contributed by atoms with Gasteiger partial charge in [-0.05, 0) is 0 Å². The van der Waals surface area contributed by atoms with Crippen molar-refractivity contribution in [3.05, 3.63) is 7.05 Å². The maximum Gasteiger partial charge on any atom is 0.0562 e. The lowest BCUT2D eigenvalue weighted by Gasteiger charge is -2.23. The predicted molar refractivity (Wildman–Crippen MR) is 33.5 cm³/mol. The largest absolute Gasteiger partial charge is 0.479 e. The molecular formula is C5H11NOS. The zero-order valence-electron chi connectivity index (χ0n) is 4.80. The topological polar surface area (TPSA) is 33.7 Å². The molecule has 1 aliphatic heterocycles. The highest BCUT2D eigenvalue weighted by molar-refractivity contribution is 7.86. The fourth-order valence-corrected chi connectivity index (χ4v) is 2.07. The first-order valence-corrected chi connectivity index (χ1v) is 4.27. The molecule has 1 fully saturated rings.